The number of hydrogen-bond acceptors (Lipinski definition) is 4. The van der Waals surface area contributed by atoms with Crippen LogP contribution in [0.25, 0.3) is 0 Å². The number of oxime groups is 1. The molecular formula is C21H16Cl3F3N2O4. The minimum absolute atomic E-state index is 0.0127. The van der Waals surface area contributed by atoms with E-state index in [1.54, 1.807) is 0 Å². The van der Waals surface area contributed by atoms with Crippen molar-refractivity contribution in [2.24, 2.45) is 5.16 Å². The molecule has 0 aromatic heterocycles. The van der Waals surface area contributed by atoms with Crippen LogP contribution in [0, 0.1) is 6.92 Å². The van der Waals surface area contributed by atoms with Gasteiger partial charge in [-0.25, -0.2) is 9.69 Å². The molecule has 0 bridgehead atoms. The van der Waals surface area contributed by atoms with E-state index in [9.17, 15) is 27.9 Å². The second kappa shape index (κ2) is 9.04. The molecule has 2 unspecified atom stereocenters. The third kappa shape index (κ3) is 4.62. The molecule has 0 aliphatic carbocycles. The predicted octanol–water partition coefficient (Wildman–Crippen LogP) is 6.59. The van der Waals surface area contributed by atoms with Crippen molar-refractivity contribution in [2.75, 3.05) is 0 Å². The van der Waals surface area contributed by atoms with Crippen molar-refractivity contribution in [3.8, 4) is 0 Å². The average Bonchev–Trinajstić information content (AvgIpc) is 3.16. The van der Waals surface area contributed by atoms with Crippen molar-refractivity contribution in [1.82, 2.24) is 4.90 Å². The summed E-state index contributed by atoms with van der Waals surface area (Å²) in [6, 6.07) is 7.58. The number of carbonyl (C=O) groups excluding carboxylic acids is 1. The van der Waals surface area contributed by atoms with Crippen molar-refractivity contribution in [3.63, 3.8) is 0 Å². The van der Waals surface area contributed by atoms with Crippen LogP contribution in [0.4, 0.5) is 18.0 Å². The fourth-order valence-electron chi connectivity index (χ4n) is 3.42. The standard InChI is InChI=1S/C21H16Cl3F3N2O4/c1-10-7-12(3-5-14(10)18(30)29(11(2)22)19(31)32)17-9-20(33-28-17,21(25,26)27)13-4-6-15(23)16(24)8-13/h3-8,11H,9H2,1-2H3,(H,31,32). The Labute approximate surface area is 201 Å². The summed E-state index contributed by atoms with van der Waals surface area (Å²) in [5.74, 6) is -0.862. The zero-order valence-corrected chi connectivity index (χ0v) is 19.4. The molecule has 1 N–H and O–H groups in total. The lowest BCUT2D eigenvalue weighted by Gasteiger charge is -2.29. The highest BCUT2D eigenvalue weighted by Gasteiger charge is 2.62. The van der Waals surface area contributed by atoms with Crippen LogP contribution >= 0.6 is 34.8 Å². The van der Waals surface area contributed by atoms with Crippen molar-refractivity contribution >= 4 is 52.5 Å². The monoisotopic (exact) mass is 522 g/mol. The smallest absolute Gasteiger partial charge is 0.435 e. The van der Waals surface area contributed by atoms with Gasteiger partial charge in [0.2, 0.25) is 0 Å². The van der Waals surface area contributed by atoms with Crippen molar-refractivity contribution < 1.29 is 32.7 Å². The van der Waals surface area contributed by atoms with Gasteiger partial charge in [-0.05, 0) is 49.2 Å². The van der Waals surface area contributed by atoms with E-state index in [2.05, 4.69) is 5.16 Å². The number of carbonyl (C=O) groups is 2. The predicted molar refractivity (Wildman–Crippen MR) is 117 cm³/mol. The van der Waals surface area contributed by atoms with Gasteiger partial charge < -0.3 is 9.94 Å². The van der Waals surface area contributed by atoms with Gasteiger partial charge in [0.25, 0.3) is 11.5 Å². The molecule has 0 radical (unpaired) electrons. The summed E-state index contributed by atoms with van der Waals surface area (Å²) in [4.78, 5) is 29.3. The molecule has 2 aromatic rings. The minimum Gasteiger partial charge on any atom is -0.465 e. The van der Waals surface area contributed by atoms with Crippen LogP contribution in [-0.2, 0) is 10.4 Å². The molecule has 6 nitrogen and oxygen atoms in total. The van der Waals surface area contributed by atoms with E-state index in [0.717, 1.165) is 6.07 Å². The van der Waals surface area contributed by atoms with E-state index >= 15 is 0 Å². The van der Waals surface area contributed by atoms with Crippen LogP contribution in [0.3, 0.4) is 0 Å². The highest BCUT2D eigenvalue weighted by Crippen LogP contribution is 2.49. The molecule has 0 saturated carbocycles. The number of carboxylic acid groups (broad SMARTS) is 1. The van der Waals surface area contributed by atoms with Crippen LogP contribution in [0.2, 0.25) is 10.0 Å². The van der Waals surface area contributed by atoms with Crippen LogP contribution in [0.15, 0.2) is 41.6 Å². The van der Waals surface area contributed by atoms with E-state index in [1.165, 1.54) is 44.2 Å². The fourth-order valence-corrected chi connectivity index (χ4v) is 3.89. The van der Waals surface area contributed by atoms with Gasteiger partial charge in [-0.2, -0.15) is 13.2 Å². The van der Waals surface area contributed by atoms with Gasteiger partial charge in [0, 0.05) is 17.5 Å². The summed E-state index contributed by atoms with van der Waals surface area (Å²) in [6.07, 6.45) is -7.02. The summed E-state index contributed by atoms with van der Waals surface area (Å²) >= 11 is 17.5. The lowest BCUT2D eigenvalue weighted by atomic mass is 9.86. The number of imide groups is 1. The first kappa shape index (κ1) is 25.1. The second-order valence-electron chi connectivity index (χ2n) is 7.32. The molecule has 0 spiro atoms. The summed E-state index contributed by atoms with van der Waals surface area (Å²) in [5, 5.41) is 12.9. The van der Waals surface area contributed by atoms with Gasteiger partial charge in [0.1, 0.15) is 5.50 Å². The normalized spacial score (nSPS) is 19.0. The lowest BCUT2D eigenvalue weighted by molar-refractivity contribution is -0.275. The molecule has 1 aliphatic heterocycles. The molecule has 1 heterocycles. The minimum atomic E-state index is -4.83. The van der Waals surface area contributed by atoms with Crippen molar-refractivity contribution in [3.05, 3.63) is 68.7 Å². The Morgan fingerprint density at radius 2 is 1.85 bits per heavy atom. The summed E-state index contributed by atoms with van der Waals surface area (Å²) in [7, 11) is 0. The first-order valence-electron chi connectivity index (χ1n) is 9.37. The second-order valence-corrected chi connectivity index (χ2v) is 8.77. The average molecular weight is 524 g/mol. The van der Waals surface area contributed by atoms with Gasteiger partial charge in [-0.1, -0.05) is 52.1 Å². The van der Waals surface area contributed by atoms with Gasteiger partial charge in [0.05, 0.1) is 15.8 Å². The van der Waals surface area contributed by atoms with Crippen LogP contribution in [-0.4, -0.2) is 39.4 Å². The maximum atomic E-state index is 14.1. The molecular weight excluding hydrogens is 508 g/mol. The first-order chi connectivity index (χ1) is 15.3. The Kier molecular flexibility index (Phi) is 6.89. The Bertz CT molecular complexity index is 1150. The number of nitrogens with zero attached hydrogens (tertiary/aromatic N) is 2. The van der Waals surface area contributed by atoms with E-state index < -0.39 is 35.7 Å². The third-order valence-electron chi connectivity index (χ3n) is 5.14. The molecule has 2 aromatic carbocycles. The van der Waals surface area contributed by atoms with E-state index in [-0.39, 0.29) is 32.4 Å². The first-order valence-corrected chi connectivity index (χ1v) is 10.6. The maximum absolute atomic E-state index is 14.1. The molecule has 12 heteroatoms. The number of aryl methyl sites for hydroxylation is 1. The zero-order chi connectivity index (χ0) is 24.7. The fraction of sp³-hybridized carbons (Fsp3) is 0.286. The molecule has 3 rings (SSSR count). The number of rotatable bonds is 4. The zero-order valence-electron chi connectivity index (χ0n) is 17.1. The van der Waals surface area contributed by atoms with Gasteiger partial charge in [0.15, 0.2) is 0 Å². The summed E-state index contributed by atoms with van der Waals surface area (Å²) < 4.78 is 42.4. The highest BCUT2D eigenvalue weighted by molar-refractivity contribution is 6.42. The highest BCUT2D eigenvalue weighted by atomic mass is 35.5. The molecule has 0 saturated heterocycles. The van der Waals surface area contributed by atoms with Crippen molar-refractivity contribution in [2.45, 2.75) is 37.5 Å². The molecule has 33 heavy (non-hydrogen) atoms. The van der Waals surface area contributed by atoms with Crippen LogP contribution in [0.1, 0.15) is 40.4 Å². The third-order valence-corrected chi connectivity index (χ3v) is 6.08. The summed E-state index contributed by atoms with van der Waals surface area (Å²) in [6.45, 7) is 2.84. The Morgan fingerprint density at radius 1 is 1.18 bits per heavy atom. The molecule has 176 valence electrons. The molecule has 2 amide bonds. The van der Waals surface area contributed by atoms with Crippen LogP contribution in [0.5, 0.6) is 0 Å². The van der Waals surface area contributed by atoms with Crippen LogP contribution < -0.4 is 0 Å². The number of halogens is 6. The van der Waals surface area contributed by atoms with Gasteiger partial charge in [-0.3, -0.25) is 4.79 Å². The van der Waals surface area contributed by atoms with Crippen molar-refractivity contribution in [1.29, 1.82) is 0 Å². The SMILES string of the molecule is Cc1cc(C2=NOC(c3ccc(Cl)c(Cl)c3)(C(F)(F)F)C2)ccc1C(=O)N(C(=O)O)C(C)Cl. The lowest BCUT2D eigenvalue weighted by Crippen LogP contribution is -2.42. The van der Waals surface area contributed by atoms with Gasteiger partial charge in [-0.15, -0.1) is 0 Å². The topological polar surface area (TPSA) is 79.2 Å². The Morgan fingerprint density at radius 3 is 2.36 bits per heavy atom. The van der Waals surface area contributed by atoms with E-state index in [1.807, 2.05) is 0 Å². The maximum Gasteiger partial charge on any atom is 0.435 e. The largest absolute Gasteiger partial charge is 0.465 e. The Hall–Kier alpha value is -2.49. The quantitative estimate of drug-likeness (QED) is 0.362. The van der Waals surface area contributed by atoms with Gasteiger partial charge >= 0.3 is 12.3 Å². The number of hydrogen-bond donors (Lipinski definition) is 1. The Balaban J connectivity index is 1.95. The molecule has 1 aliphatic rings. The van der Waals surface area contributed by atoms with E-state index in [4.69, 9.17) is 39.6 Å². The summed E-state index contributed by atoms with van der Waals surface area (Å²) in [5.41, 5.74) is -3.55. The number of alkyl halides is 4. The molecule has 0 fully saturated rings. The number of amides is 2. The number of benzene rings is 2. The molecule has 2 atom stereocenters. The van der Waals surface area contributed by atoms with E-state index in [0.29, 0.717) is 10.5 Å².